The minimum absolute atomic E-state index is 0.0600. The molecule has 0 saturated carbocycles. The number of aryl methyl sites for hydroxylation is 1. The molecule has 1 aliphatic heterocycles. The maximum absolute atomic E-state index is 13.9. The van der Waals surface area contributed by atoms with E-state index in [9.17, 15) is 17.6 Å². The van der Waals surface area contributed by atoms with Gasteiger partial charge in [0.25, 0.3) is 10.0 Å². The zero-order valence-electron chi connectivity index (χ0n) is 19.2. The van der Waals surface area contributed by atoms with Crippen LogP contribution in [0.3, 0.4) is 0 Å². The Morgan fingerprint density at radius 2 is 1.80 bits per heavy atom. The van der Waals surface area contributed by atoms with E-state index in [1.165, 1.54) is 44.6 Å². The molecule has 0 bridgehead atoms. The summed E-state index contributed by atoms with van der Waals surface area (Å²) in [6.07, 6.45) is 1.59. The number of rotatable bonds is 7. The Morgan fingerprint density at radius 3 is 2.51 bits per heavy atom. The molecule has 184 valence electrons. The number of amides is 1. The summed E-state index contributed by atoms with van der Waals surface area (Å²) in [6, 6.07) is 15.2. The second-order valence-corrected chi connectivity index (χ2v) is 10.2. The van der Waals surface area contributed by atoms with Crippen molar-refractivity contribution in [3.8, 4) is 11.5 Å². The van der Waals surface area contributed by atoms with E-state index in [0.29, 0.717) is 12.3 Å². The summed E-state index contributed by atoms with van der Waals surface area (Å²) in [7, 11) is -1.45. The van der Waals surface area contributed by atoms with Gasteiger partial charge in [0.05, 0.1) is 29.8 Å². The molecule has 1 heterocycles. The number of benzene rings is 3. The molecule has 1 aliphatic rings. The number of methoxy groups -OCH3 is 2. The van der Waals surface area contributed by atoms with Gasteiger partial charge in [-0.1, -0.05) is 29.8 Å². The highest BCUT2D eigenvalue weighted by Gasteiger charge is 2.32. The number of ether oxygens (including phenoxy) is 2. The predicted octanol–water partition coefficient (Wildman–Crippen LogP) is 4.67. The van der Waals surface area contributed by atoms with Crippen LogP contribution in [0.25, 0.3) is 0 Å². The van der Waals surface area contributed by atoms with Gasteiger partial charge < -0.3 is 14.4 Å². The second kappa shape index (κ2) is 10.1. The van der Waals surface area contributed by atoms with Gasteiger partial charge in [0, 0.05) is 18.3 Å². The topological polar surface area (TPSA) is 76.2 Å². The molecule has 0 aromatic heterocycles. The third kappa shape index (κ3) is 4.92. The predicted molar refractivity (Wildman–Crippen MR) is 133 cm³/mol. The highest BCUT2D eigenvalue weighted by molar-refractivity contribution is 7.92. The average Bonchev–Trinajstić information content (AvgIpc) is 2.87. The summed E-state index contributed by atoms with van der Waals surface area (Å²) < 4.78 is 52.8. The fourth-order valence-electron chi connectivity index (χ4n) is 4.06. The molecular weight excluding hydrogens is 495 g/mol. The van der Waals surface area contributed by atoms with E-state index in [1.54, 1.807) is 4.90 Å². The van der Waals surface area contributed by atoms with Crippen molar-refractivity contribution in [3.05, 3.63) is 77.1 Å². The van der Waals surface area contributed by atoms with Crippen LogP contribution in [0.15, 0.2) is 65.6 Å². The average molecular weight is 519 g/mol. The highest BCUT2D eigenvalue weighted by atomic mass is 35.5. The van der Waals surface area contributed by atoms with Crippen molar-refractivity contribution < 1.29 is 27.1 Å². The SMILES string of the molecule is COc1ccc(S(=O)(=O)N(CC(=O)N2CCCc3ccccc32)c2ccc(F)c(Cl)c2)cc1OC. The molecule has 35 heavy (non-hydrogen) atoms. The summed E-state index contributed by atoms with van der Waals surface area (Å²) in [5, 5.41) is -0.259. The summed E-state index contributed by atoms with van der Waals surface area (Å²) in [5.74, 6) is -0.553. The van der Waals surface area contributed by atoms with Crippen LogP contribution in [0.1, 0.15) is 12.0 Å². The van der Waals surface area contributed by atoms with Crippen LogP contribution in [-0.2, 0) is 21.2 Å². The lowest BCUT2D eigenvalue weighted by molar-refractivity contribution is -0.117. The van der Waals surface area contributed by atoms with Crippen molar-refractivity contribution in [2.45, 2.75) is 17.7 Å². The minimum Gasteiger partial charge on any atom is -0.493 e. The van der Waals surface area contributed by atoms with E-state index in [0.717, 1.165) is 34.5 Å². The smallest absolute Gasteiger partial charge is 0.264 e. The Labute approximate surface area is 208 Å². The van der Waals surface area contributed by atoms with E-state index in [4.69, 9.17) is 21.1 Å². The van der Waals surface area contributed by atoms with Gasteiger partial charge in [0.1, 0.15) is 12.4 Å². The summed E-state index contributed by atoms with van der Waals surface area (Å²) >= 11 is 5.97. The van der Waals surface area contributed by atoms with Crippen molar-refractivity contribution >= 4 is 38.9 Å². The van der Waals surface area contributed by atoms with Gasteiger partial charge in [-0.15, -0.1) is 0 Å². The number of hydrogen-bond acceptors (Lipinski definition) is 5. The molecule has 0 radical (unpaired) electrons. The first-order valence-electron chi connectivity index (χ1n) is 10.8. The molecule has 0 fully saturated rings. The third-order valence-corrected chi connectivity index (χ3v) is 7.88. The van der Waals surface area contributed by atoms with Gasteiger partial charge in [-0.3, -0.25) is 9.10 Å². The monoisotopic (exact) mass is 518 g/mol. The van der Waals surface area contributed by atoms with Crippen LogP contribution >= 0.6 is 11.6 Å². The van der Waals surface area contributed by atoms with Crippen LogP contribution in [-0.4, -0.2) is 41.6 Å². The van der Waals surface area contributed by atoms with E-state index in [2.05, 4.69) is 0 Å². The van der Waals surface area contributed by atoms with Crippen molar-refractivity contribution in [2.75, 3.05) is 36.5 Å². The zero-order chi connectivity index (χ0) is 25.2. The van der Waals surface area contributed by atoms with Gasteiger partial charge in [-0.2, -0.15) is 0 Å². The number of carbonyl (C=O) groups excluding carboxylic acids is 1. The molecule has 4 rings (SSSR count). The number of anilines is 2. The van der Waals surface area contributed by atoms with E-state index in [1.807, 2.05) is 24.3 Å². The largest absolute Gasteiger partial charge is 0.493 e. The highest BCUT2D eigenvalue weighted by Crippen LogP contribution is 2.34. The minimum atomic E-state index is -4.28. The van der Waals surface area contributed by atoms with Crippen molar-refractivity contribution in [1.29, 1.82) is 0 Å². The van der Waals surface area contributed by atoms with Crippen molar-refractivity contribution in [3.63, 3.8) is 0 Å². The van der Waals surface area contributed by atoms with Crippen LogP contribution in [0.5, 0.6) is 11.5 Å². The number of fused-ring (bicyclic) bond motifs is 1. The summed E-state index contributed by atoms with van der Waals surface area (Å²) in [6.45, 7) is -0.0444. The first-order chi connectivity index (χ1) is 16.8. The number of carbonyl (C=O) groups is 1. The number of nitrogens with zero attached hydrogens (tertiary/aromatic N) is 2. The van der Waals surface area contributed by atoms with Gasteiger partial charge >= 0.3 is 0 Å². The van der Waals surface area contributed by atoms with Gasteiger partial charge in [0.2, 0.25) is 5.91 Å². The quantitative estimate of drug-likeness (QED) is 0.454. The van der Waals surface area contributed by atoms with Gasteiger partial charge in [-0.05, 0) is 54.8 Å². The van der Waals surface area contributed by atoms with Crippen LogP contribution in [0, 0.1) is 5.82 Å². The molecule has 3 aromatic carbocycles. The summed E-state index contributed by atoms with van der Waals surface area (Å²) in [5.41, 5.74) is 1.83. The molecule has 3 aromatic rings. The third-order valence-electron chi connectivity index (χ3n) is 5.82. The second-order valence-electron chi connectivity index (χ2n) is 7.90. The Hall–Kier alpha value is -3.30. The number of halogens is 2. The number of sulfonamides is 1. The summed E-state index contributed by atoms with van der Waals surface area (Å²) in [4.78, 5) is 14.9. The standard InChI is InChI=1S/C25H24ClFN2O5S/c1-33-23-12-10-19(15-24(23)34-2)35(31,32)29(18-9-11-21(27)20(26)14-18)16-25(30)28-13-5-7-17-6-3-4-8-22(17)28/h3-4,6,8-12,14-15H,5,7,13,16H2,1-2H3. The molecule has 0 N–H and O–H groups in total. The van der Waals surface area contributed by atoms with Crippen LogP contribution < -0.4 is 18.7 Å². The Balaban J connectivity index is 1.76. The maximum atomic E-state index is 13.9. The first-order valence-corrected chi connectivity index (χ1v) is 12.7. The van der Waals surface area contributed by atoms with E-state index >= 15 is 0 Å². The molecule has 0 aliphatic carbocycles. The molecule has 7 nitrogen and oxygen atoms in total. The maximum Gasteiger partial charge on any atom is 0.264 e. The normalized spacial score (nSPS) is 13.2. The Kier molecular flexibility index (Phi) is 7.18. The lowest BCUT2D eigenvalue weighted by Gasteiger charge is -2.32. The fourth-order valence-corrected chi connectivity index (χ4v) is 5.66. The molecule has 0 unspecified atom stereocenters. The molecule has 0 saturated heterocycles. The van der Waals surface area contributed by atoms with Crippen molar-refractivity contribution in [2.24, 2.45) is 0 Å². The zero-order valence-corrected chi connectivity index (χ0v) is 20.8. The molecule has 10 heteroatoms. The van der Waals surface area contributed by atoms with E-state index in [-0.39, 0.29) is 21.4 Å². The lowest BCUT2D eigenvalue weighted by Crippen LogP contribution is -2.45. The Bertz CT molecular complexity index is 1370. The molecular formula is C25H24ClFN2O5S. The van der Waals surface area contributed by atoms with Crippen molar-refractivity contribution in [1.82, 2.24) is 0 Å². The fraction of sp³-hybridized carbons (Fsp3) is 0.240. The van der Waals surface area contributed by atoms with Crippen LogP contribution in [0.2, 0.25) is 5.02 Å². The lowest BCUT2D eigenvalue weighted by atomic mass is 10.0. The van der Waals surface area contributed by atoms with Gasteiger partial charge in [0.15, 0.2) is 11.5 Å². The number of para-hydroxylation sites is 1. The molecule has 0 spiro atoms. The first kappa shape index (κ1) is 24.8. The molecule has 1 amide bonds. The molecule has 0 atom stereocenters. The number of hydrogen-bond donors (Lipinski definition) is 0. The van der Waals surface area contributed by atoms with E-state index < -0.39 is 28.3 Å². The Morgan fingerprint density at radius 1 is 1.06 bits per heavy atom. The van der Waals surface area contributed by atoms with Crippen LogP contribution in [0.4, 0.5) is 15.8 Å². The van der Waals surface area contributed by atoms with Gasteiger partial charge in [-0.25, -0.2) is 12.8 Å².